The molecule has 0 spiro atoms. The van der Waals surface area contributed by atoms with Crippen molar-refractivity contribution in [3.8, 4) is 0 Å². The monoisotopic (exact) mass is 251 g/mol. The number of hydrogen-bond acceptors (Lipinski definition) is 3. The van der Waals surface area contributed by atoms with Gasteiger partial charge < -0.3 is 0 Å². The summed E-state index contributed by atoms with van der Waals surface area (Å²) in [5.74, 6) is 1.46. The summed E-state index contributed by atoms with van der Waals surface area (Å²) < 4.78 is 0. The van der Waals surface area contributed by atoms with Crippen LogP contribution in [-0.4, -0.2) is 10.8 Å². The summed E-state index contributed by atoms with van der Waals surface area (Å²) in [5, 5.41) is 1.01. The maximum absolute atomic E-state index is 12.4. The van der Waals surface area contributed by atoms with Gasteiger partial charge in [0.1, 0.15) is 0 Å². The normalized spacial score (nSPS) is 24.9. The van der Waals surface area contributed by atoms with E-state index >= 15 is 0 Å². The largest absolute Gasteiger partial charge is 0.293 e. The Hall–Kier alpha value is -0.700. The van der Waals surface area contributed by atoms with Gasteiger partial charge in [-0.15, -0.1) is 11.3 Å². The van der Waals surface area contributed by atoms with E-state index in [4.69, 9.17) is 0 Å². The molecule has 0 saturated heterocycles. The molecule has 0 radical (unpaired) electrons. The maximum Gasteiger partial charge on any atom is 0.177 e. The van der Waals surface area contributed by atoms with Crippen molar-refractivity contribution in [3.63, 3.8) is 0 Å². The van der Waals surface area contributed by atoms with Gasteiger partial charge in [0.15, 0.2) is 5.78 Å². The minimum Gasteiger partial charge on any atom is -0.293 e. The third kappa shape index (κ3) is 2.76. The Bertz CT molecular complexity index is 402. The molecular weight excluding hydrogens is 230 g/mol. The molecule has 17 heavy (non-hydrogen) atoms. The Morgan fingerprint density at radius 3 is 2.41 bits per heavy atom. The number of ketones is 1. The predicted molar refractivity (Wildman–Crippen MR) is 71.7 cm³/mol. The number of nitrogens with zero attached hydrogens (tertiary/aromatic N) is 1. The molecule has 0 aliphatic heterocycles. The first-order valence-electron chi connectivity index (χ1n) is 6.60. The summed E-state index contributed by atoms with van der Waals surface area (Å²) in [6.07, 6.45) is 5.87. The van der Waals surface area contributed by atoms with Gasteiger partial charge in [0, 0.05) is 5.92 Å². The fourth-order valence-corrected chi connectivity index (χ4v) is 3.72. The lowest BCUT2D eigenvalue weighted by atomic mass is 9.79. The third-order valence-corrected chi connectivity index (χ3v) is 5.01. The number of aryl methyl sites for hydroxylation is 2. The van der Waals surface area contributed by atoms with Crippen LogP contribution < -0.4 is 0 Å². The molecular formula is C14H21NOS. The highest BCUT2D eigenvalue weighted by molar-refractivity contribution is 7.13. The molecule has 1 fully saturated rings. The molecule has 1 aromatic rings. The van der Waals surface area contributed by atoms with Gasteiger partial charge in [0.2, 0.25) is 0 Å². The van der Waals surface area contributed by atoms with Crippen molar-refractivity contribution >= 4 is 17.1 Å². The predicted octanol–water partition coefficient (Wildman–Crippen LogP) is 4.16. The SMILES string of the molecule is CCC1CCC(C(=O)c2sc(C)nc2C)CC1. The van der Waals surface area contributed by atoms with Crippen LogP contribution in [0, 0.1) is 25.7 Å². The second-order valence-electron chi connectivity index (χ2n) is 5.14. The minimum atomic E-state index is 0.261. The van der Waals surface area contributed by atoms with Gasteiger partial charge in [-0.2, -0.15) is 0 Å². The van der Waals surface area contributed by atoms with Gasteiger partial charge in [0.25, 0.3) is 0 Å². The molecule has 0 amide bonds. The van der Waals surface area contributed by atoms with Crippen LogP contribution in [0.5, 0.6) is 0 Å². The Labute approximate surface area is 107 Å². The first kappa shape index (κ1) is 12.7. The van der Waals surface area contributed by atoms with Crippen molar-refractivity contribution in [2.75, 3.05) is 0 Å². The third-order valence-electron chi connectivity index (χ3n) is 3.92. The van der Waals surface area contributed by atoms with Gasteiger partial charge >= 0.3 is 0 Å². The average Bonchev–Trinajstić information content (AvgIpc) is 2.68. The molecule has 2 nitrogen and oxygen atoms in total. The standard InChI is InChI=1S/C14H21NOS/c1-4-11-5-7-12(8-6-11)13(16)14-9(2)15-10(3)17-14/h11-12H,4-8H2,1-3H3. The molecule has 0 N–H and O–H groups in total. The maximum atomic E-state index is 12.4. The molecule has 0 unspecified atom stereocenters. The minimum absolute atomic E-state index is 0.261. The van der Waals surface area contributed by atoms with Gasteiger partial charge in [-0.3, -0.25) is 4.79 Å². The van der Waals surface area contributed by atoms with Crippen LogP contribution in [-0.2, 0) is 0 Å². The quantitative estimate of drug-likeness (QED) is 0.755. The first-order valence-corrected chi connectivity index (χ1v) is 7.41. The van der Waals surface area contributed by atoms with E-state index in [0.29, 0.717) is 5.78 Å². The Balaban J connectivity index is 2.04. The van der Waals surface area contributed by atoms with Gasteiger partial charge in [-0.05, 0) is 45.4 Å². The number of hydrogen-bond donors (Lipinski definition) is 0. The highest BCUT2D eigenvalue weighted by Crippen LogP contribution is 2.34. The zero-order valence-electron chi connectivity index (χ0n) is 11.0. The molecule has 0 atom stereocenters. The van der Waals surface area contributed by atoms with E-state index in [0.717, 1.165) is 34.3 Å². The van der Waals surface area contributed by atoms with E-state index in [9.17, 15) is 4.79 Å². The van der Waals surface area contributed by atoms with E-state index in [1.807, 2.05) is 13.8 Å². The van der Waals surface area contributed by atoms with E-state index in [-0.39, 0.29) is 5.92 Å². The van der Waals surface area contributed by atoms with Crippen LogP contribution in [0.1, 0.15) is 59.4 Å². The van der Waals surface area contributed by atoms with Crippen LogP contribution in [0.2, 0.25) is 0 Å². The lowest BCUT2D eigenvalue weighted by Gasteiger charge is -2.26. The molecule has 1 aliphatic rings. The number of Topliss-reactive ketones (excluding diaryl/α,β-unsaturated/α-hetero) is 1. The lowest BCUT2D eigenvalue weighted by Crippen LogP contribution is -2.21. The van der Waals surface area contributed by atoms with Crippen molar-refractivity contribution in [2.24, 2.45) is 11.8 Å². The number of thiazole rings is 1. The molecule has 0 aromatic carbocycles. The summed E-state index contributed by atoms with van der Waals surface area (Å²) in [5.41, 5.74) is 0.926. The van der Waals surface area contributed by atoms with Gasteiger partial charge in [-0.1, -0.05) is 13.3 Å². The molecule has 3 heteroatoms. The number of carbonyl (C=O) groups excluding carboxylic acids is 1. The topological polar surface area (TPSA) is 30.0 Å². The Kier molecular flexibility index (Phi) is 3.97. The molecule has 1 saturated carbocycles. The lowest BCUT2D eigenvalue weighted by molar-refractivity contribution is 0.0874. The molecule has 1 heterocycles. The van der Waals surface area contributed by atoms with Crippen molar-refractivity contribution in [1.29, 1.82) is 0 Å². The van der Waals surface area contributed by atoms with Crippen LogP contribution in [0.25, 0.3) is 0 Å². The van der Waals surface area contributed by atoms with Crippen molar-refractivity contribution in [1.82, 2.24) is 4.98 Å². The number of rotatable bonds is 3. The fraction of sp³-hybridized carbons (Fsp3) is 0.714. The molecule has 0 bridgehead atoms. The molecule has 94 valence electrons. The highest BCUT2D eigenvalue weighted by Gasteiger charge is 2.28. The first-order chi connectivity index (χ1) is 8.11. The second kappa shape index (κ2) is 5.30. The zero-order chi connectivity index (χ0) is 12.4. The van der Waals surface area contributed by atoms with Gasteiger partial charge in [0.05, 0.1) is 15.6 Å². The average molecular weight is 251 g/mol. The van der Waals surface area contributed by atoms with E-state index in [1.54, 1.807) is 11.3 Å². The summed E-state index contributed by atoms with van der Waals surface area (Å²) in [6.45, 7) is 6.18. The van der Waals surface area contributed by atoms with E-state index < -0.39 is 0 Å². The summed E-state index contributed by atoms with van der Waals surface area (Å²) in [4.78, 5) is 17.7. The second-order valence-corrected chi connectivity index (χ2v) is 6.34. The molecule has 1 aliphatic carbocycles. The Morgan fingerprint density at radius 2 is 1.94 bits per heavy atom. The molecule has 2 rings (SSSR count). The van der Waals surface area contributed by atoms with Crippen LogP contribution >= 0.6 is 11.3 Å². The van der Waals surface area contributed by atoms with Crippen molar-refractivity contribution in [2.45, 2.75) is 52.9 Å². The zero-order valence-corrected chi connectivity index (χ0v) is 11.8. The van der Waals surface area contributed by atoms with Crippen molar-refractivity contribution in [3.05, 3.63) is 15.6 Å². The van der Waals surface area contributed by atoms with Gasteiger partial charge in [-0.25, -0.2) is 4.98 Å². The van der Waals surface area contributed by atoms with Crippen LogP contribution in [0.15, 0.2) is 0 Å². The number of carbonyl (C=O) groups is 1. The van der Waals surface area contributed by atoms with Crippen LogP contribution in [0.3, 0.4) is 0 Å². The van der Waals surface area contributed by atoms with E-state index in [1.165, 1.54) is 19.3 Å². The van der Waals surface area contributed by atoms with Crippen LogP contribution in [0.4, 0.5) is 0 Å². The summed E-state index contributed by atoms with van der Waals surface area (Å²) in [7, 11) is 0. The summed E-state index contributed by atoms with van der Waals surface area (Å²) >= 11 is 1.56. The molecule has 1 aromatic heterocycles. The van der Waals surface area contributed by atoms with Crippen molar-refractivity contribution < 1.29 is 4.79 Å². The fourth-order valence-electron chi connectivity index (χ4n) is 2.78. The summed E-state index contributed by atoms with van der Waals surface area (Å²) in [6, 6.07) is 0. The number of aromatic nitrogens is 1. The Morgan fingerprint density at radius 1 is 1.29 bits per heavy atom. The smallest absolute Gasteiger partial charge is 0.177 e. The van der Waals surface area contributed by atoms with E-state index in [2.05, 4.69) is 11.9 Å². The highest BCUT2D eigenvalue weighted by atomic mass is 32.1.